The highest BCUT2D eigenvalue weighted by Crippen LogP contribution is 2.35. The smallest absolute Gasteiger partial charge is 0.236 e. The molecule has 0 aliphatic carbocycles. The lowest BCUT2D eigenvalue weighted by atomic mass is 9.85. The van der Waals surface area contributed by atoms with E-state index in [1.165, 1.54) is 10.4 Å². The second-order valence-electron chi connectivity index (χ2n) is 5.46. The second kappa shape index (κ2) is 3.76. The van der Waals surface area contributed by atoms with Crippen LogP contribution in [0.15, 0.2) is 29.8 Å². The van der Waals surface area contributed by atoms with Gasteiger partial charge in [-0.3, -0.25) is 0 Å². The predicted octanol–water partition coefficient (Wildman–Crippen LogP) is 3.40. The molecule has 0 unspecified atom stereocenters. The zero-order chi connectivity index (χ0) is 12.8. The Balaban J connectivity index is 2.58. The molecule has 1 aromatic rings. The van der Waals surface area contributed by atoms with Gasteiger partial charge in [-0.1, -0.05) is 33.4 Å². The summed E-state index contributed by atoms with van der Waals surface area (Å²) in [6.45, 7) is 12.5. The average molecular weight is 224 g/mol. The van der Waals surface area contributed by atoms with Gasteiger partial charge in [0.05, 0.1) is 11.5 Å². The number of nitrogens with zero attached hydrogens (tertiary/aromatic N) is 2. The maximum atomic E-state index is 5.90. The maximum absolute atomic E-state index is 5.90. The highest BCUT2D eigenvalue weighted by atomic mass is 15.1. The Bertz CT molecular complexity index is 509. The van der Waals surface area contributed by atoms with Crippen molar-refractivity contribution in [3.63, 3.8) is 0 Å². The number of amidine groups is 1. The summed E-state index contributed by atoms with van der Waals surface area (Å²) in [5.74, 6) is 0.769. The molecule has 0 spiro atoms. The monoisotopic (exact) mass is 224 g/mol. The molecule has 86 valence electrons. The van der Waals surface area contributed by atoms with E-state index < -0.39 is 0 Å². The molecule has 1 aliphatic rings. The first-order chi connectivity index (χ1) is 7.80. The van der Waals surface area contributed by atoms with E-state index in [9.17, 15) is 0 Å². The summed E-state index contributed by atoms with van der Waals surface area (Å²) in [5.41, 5.74) is 4.15. The zero-order valence-corrected chi connectivity index (χ0v) is 10.9. The highest BCUT2D eigenvalue weighted by Gasteiger charge is 2.20. The third-order valence-electron chi connectivity index (χ3n) is 3.10. The molecule has 2 radical (unpaired) electrons. The SMILES string of the molecule is [B]N1C(=C)c2cc(C(C)(C)C)ccc2N=C1C. The van der Waals surface area contributed by atoms with Gasteiger partial charge >= 0.3 is 0 Å². The molecule has 1 aromatic carbocycles. The Labute approximate surface area is 104 Å². The molecule has 3 heteroatoms. The molecule has 2 nitrogen and oxygen atoms in total. The third kappa shape index (κ3) is 2.02. The Morgan fingerprint density at radius 2 is 1.94 bits per heavy atom. The van der Waals surface area contributed by atoms with E-state index in [0.717, 1.165) is 22.8 Å². The van der Waals surface area contributed by atoms with Gasteiger partial charge in [0.2, 0.25) is 7.98 Å². The first-order valence-corrected chi connectivity index (χ1v) is 5.74. The summed E-state index contributed by atoms with van der Waals surface area (Å²) in [6, 6.07) is 6.29. The van der Waals surface area contributed by atoms with Crippen molar-refractivity contribution in [2.24, 2.45) is 4.99 Å². The number of benzene rings is 1. The zero-order valence-electron chi connectivity index (χ0n) is 10.9. The fourth-order valence-electron chi connectivity index (χ4n) is 1.88. The van der Waals surface area contributed by atoms with Crippen molar-refractivity contribution >= 4 is 25.2 Å². The minimum atomic E-state index is 0.116. The summed E-state index contributed by atoms with van der Waals surface area (Å²) < 4.78 is 0. The van der Waals surface area contributed by atoms with Gasteiger partial charge in [-0.2, -0.15) is 0 Å². The molecule has 0 aromatic heterocycles. The summed E-state index contributed by atoms with van der Waals surface area (Å²) in [5, 5.41) is 0. The van der Waals surface area contributed by atoms with Gasteiger partial charge in [-0.25, -0.2) is 4.99 Å². The van der Waals surface area contributed by atoms with Crippen LogP contribution in [-0.4, -0.2) is 18.6 Å². The summed E-state index contributed by atoms with van der Waals surface area (Å²) in [6.07, 6.45) is 0. The minimum Gasteiger partial charge on any atom is -0.387 e. The van der Waals surface area contributed by atoms with Crippen LogP contribution in [0, 0.1) is 0 Å². The van der Waals surface area contributed by atoms with E-state index >= 15 is 0 Å². The van der Waals surface area contributed by atoms with Crippen molar-refractivity contribution in [3.05, 3.63) is 35.9 Å². The van der Waals surface area contributed by atoms with Gasteiger partial charge in [-0.05, 0) is 30.0 Å². The summed E-state index contributed by atoms with van der Waals surface area (Å²) in [4.78, 5) is 5.99. The van der Waals surface area contributed by atoms with Crippen molar-refractivity contribution in [2.45, 2.75) is 33.1 Å². The Hall–Kier alpha value is -1.51. The fraction of sp³-hybridized carbons (Fsp3) is 0.357. The quantitative estimate of drug-likeness (QED) is 0.616. The third-order valence-corrected chi connectivity index (χ3v) is 3.10. The van der Waals surface area contributed by atoms with Gasteiger partial charge in [0.15, 0.2) is 0 Å². The largest absolute Gasteiger partial charge is 0.387 e. The molecule has 0 atom stereocenters. The van der Waals surface area contributed by atoms with Crippen molar-refractivity contribution in [3.8, 4) is 0 Å². The van der Waals surface area contributed by atoms with Crippen LogP contribution in [0.5, 0.6) is 0 Å². The van der Waals surface area contributed by atoms with Crippen LogP contribution in [-0.2, 0) is 5.41 Å². The number of hydrogen-bond donors (Lipinski definition) is 0. The first-order valence-electron chi connectivity index (χ1n) is 5.74. The lowest BCUT2D eigenvalue weighted by molar-refractivity contribution is 0.590. The average Bonchev–Trinajstić information content (AvgIpc) is 2.24. The predicted molar refractivity (Wildman–Crippen MR) is 74.5 cm³/mol. The molecule has 0 amide bonds. The van der Waals surface area contributed by atoms with Crippen molar-refractivity contribution < 1.29 is 0 Å². The standard InChI is InChI=1S/C14H17BN2/c1-9-12-8-11(14(3,4)5)6-7-13(12)16-10(2)17(9)15/h6-8H,1H2,2-5H3. The van der Waals surface area contributed by atoms with Gasteiger partial charge in [0, 0.05) is 11.3 Å². The van der Waals surface area contributed by atoms with Crippen molar-refractivity contribution in [2.75, 3.05) is 0 Å². The maximum Gasteiger partial charge on any atom is 0.236 e. The van der Waals surface area contributed by atoms with Crippen LogP contribution in [0.25, 0.3) is 5.70 Å². The van der Waals surface area contributed by atoms with E-state index in [0.29, 0.717) is 0 Å². The van der Waals surface area contributed by atoms with Gasteiger partial charge in [0.25, 0.3) is 0 Å². The molecule has 2 rings (SSSR count). The summed E-state index contributed by atoms with van der Waals surface area (Å²) in [7, 11) is 5.90. The minimum absolute atomic E-state index is 0.116. The van der Waals surface area contributed by atoms with E-state index in [-0.39, 0.29) is 5.41 Å². The Morgan fingerprint density at radius 1 is 1.29 bits per heavy atom. The molecule has 17 heavy (non-hydrogen) atoms. The summed E-state index contributed by atoms with van der Waals surface area (Å²) >= 11 is 0. The molecule has 0 bridgehead atoms. The van der Waals surface area contributed by atoms with Crippen LogP contribution in [0.3, 0.4) is 0 Å². The van der Waals surface area contributed by atoms with Gasteiger partial charge in [0.1, 0.15) is 0 Å². The number of aliphatic imine (C=N–C) groups is 1. The van der Waals surface area contributed by atoms with E-state index in [1.807, 2.05) is 13.0 Å². The Morgan fingerprint density at radius 3 is 2.53 bits per heavy atom. The first kappa shape index (κ1) is 12.0. The molecular weight excluding hydrogens is 207 g/mol. The second-order valence-corrected chi connectivity index (χ2v) is 5.46. The molecule has 1 heterocycles. The van der Waals surface area contributed by atoms with Crippen molar-refractivity contribution in [1.82, 2.24) is 4.81 Å². The van der Waals surface area contributed by atoms with E-state index in [1.54, 1.807) is 0 Å². The van der Waals surface area contributed by atoms with Crippen LogP contribution in [0.2, 0.25) is 0 Å². The van der Waals surface area contributed by atoms with E-state index in [4.69, 9.17) is 7.98 Å². The molecule has 1 aliphatic heterocycles. The molecule has 0 saturated heterocycles. The highest BCUT2D eigenvalue weighted by molar-refractivity contribution is 6.22. The Kier molecular flexibility index (Phi) is 2.65. The number of fused-ring (bicyclic) bond motifs is 1. The van der Waals surface area contributed by atoms with Crippen LogP contribution in [0.4, 0.5) is 5.69 Å². The van der Waals surface area contributed by atoms with Crippen molar-refractivity contribution in [1.29, 1.82) is 0 Å². The number of rotatable bonds is 0. The van der Waals surface area contributed by atoms with E-state index in [2.05, 4.69) is 44.5 Å². The van der Waals surface area contributed by atoms with Crippen LogP contribution >= 0.6 is 0 Å². The van der Waals surface area contributed by atoms with Gasteiger partial charge < -0.3 is 4.81 Å². The van der Waals surface area contributed by atoms with Gasteiger partial charge in [-0.15, -0.1) is 0 Å². The lowest BCUT2D eigenvalue weighted by Gasteiger charge is -2.29. The molecule has 0 N–H and O–H groups in total. The lowest BCUT2D eigenvalue weighted by Crippen LogP contribution is -2.26. The molecule has 0 fully saturated rings. The van der Waals surface area contributed by atoms with Crippen LogP contribution < -0.4 is 0 Å². The topological polar surface area (TPSA) is 15.6 Å². The molecular formula is C14H17BN2. The number of hydrogen-bond acceptors (Lipinski definition) is 2. The van der Waals surface area contributed by atoms with Crippen LogP contribution in [0.1, 0.15) is 38.8 Å². The normalized spacial score (nSPS) is 15.6. The molecule has 0 saturated carbocycles. The fourth-order valence-corrected chi connectivity index (χ4v) is 1.88.